The fourth-order valence-electron chi connectivity index (χ4n) is 4.03. The molecule has 0 aliphatic heterocycles. The largest absolute Gasteiger partial charge is 0.336 e. The summed E-state index contributed by atoms with van der Waals surface area (Å²) < 4.78 is 13.4. The molecule has 182 valence electrons. The molecule has 0 saturated heterocycles. The van der Waals surface area contributed by atoms with E-state index in [2.05, 4.69) is 30.5 Å². The average Bonchev–Trinajstić information content (AvgIpc) is 3.53. The van der Waals surface area contributed by atoms with E-state index in [4.69, 9.17) is 9.97 Å². The highest BCUT2D eigenvalue weighted by Crippen LogP contribution is 2.31. The summed E-state index contributed by atoms with van der Waals surface area (Å²) in [6.45, 7) is 3.67. The van der Waals surface area contributed by atoms with Gasteiger partial charge in [0.2, 0.25) is 5.91 Å². The molecule has 10 heteroatoms. The molecule has 6 rings (SSSR count). The minimum atomic E-state index is -0.313. The molecule has 0 bridgehead atoms. The first-order valence-corrected chi connectivity index (χ1v) is 11.7. The summed E-state index contributed by atoms with van der Waals surface area (Å²) in [5, 5.41) is 10.3. The van der Waals surface area contributed by atoms with Crippen LogP contribution in [0, 0.1) is 11.7 Å². The highest BCUT2D eigenvalue weighted by atomic mass is 19.1. The standard InChI is InChI=1S/C27H21FN8O/c1-14(2)27(37)31-18-11-16(12-29-13-18)19-7-8-21-24(32-19)25(36-35-21)26-33-20-9-10-30-22(23(20)34-26)15-3-5-17(28)6-4-15/h3-14H,1-2H3,(H,31,37)(H,33,34)(H,35,36). The number of anilines is 1. The molecule has 0 fully saturated rings. The first kappa shape index (κ1) is 22.5. The van der Waals surface area contributed by atoms with Crippen molar-refractivity contribution < 1.29 is 9.18 Å². The van der Waals surface area contributed by atoms with Crippen molar-refractivity contribution >= 4 is 33.7 Å². The number of amides is 1. The fourth-order valence-corrected chi connectivity index (χ4v) is 4.03. The fraction of sp³-hybridized carbons (Fsp3) is 0.111. The predicted molar refractivity (Wildman–Crippen MR) is 139 cm³/mol. The zero-order chi connectivity index (χ0) is 25.5. The van der Waals surface area contributed by atoms with Gasteiger partial charge in [0.1, 0.15) is 16.9 Å². The molecule has 1 aromatic carbocycles. The molecule has 0 atom stereocenters. The van der Waals surface area contributed by atoms with Gasteiger partial charge >= 0.3 is 0 Å². The van der Waals surface area contributed by atoms with Crippen molar-refractivity contribution in [2.75, 3.05) is 5.32 Å². The van der Waals surface area contributed by atoms with Crippen molar-refractivity contribution in [3.63, 3.8) is 0 Å². The van der Waals surface area contributed by atoms with Gasteiger partial charge in [0, 0.05) is 29.4 Å². The van der Waals surface area contributed by atoms with Crippen LogP contribution in [0.1, 0.15) is 13.8 Å². The smallest absolute Gasteiger partial charge is 0.226 e. The van der Waals surface area contributed by atoms with Crippen molar-refractivity contribution in [1.82, 2.24) is 35.1 Å². The van der Waals surface area contributed by atoms with Crippen LogP contribution >= 0.6 is 0 Å². The zero-order valence-electron chi connectivity index (χ0n) is 20.0. The molecule has 0 saturated carbocycles. The Hall–Kier alpha value is -4.99. The van der Waals surface area contributed by atoms with Crippen molar-refractivity contribution in [3.8, 4) is 34.0 Å². The van der Waals surface area contributed by atoms with Crippen molar-refractivity contribution in [2.45, 2.75) is 13.8 Å². The second-order valence-corrected chi connectivity index (χ2v) is 8.92. The lowest BCUT2D eigenvalue weighted by Crippen LogP contribution is -2.17. The Balaban J connectivity index is 1.41. The average molecular weight is 493 g/mol. The Morgan fingerprint density at radius 1 is 0.919 bits per heavy atom. The van der Waals surface area contributed by atoms with Gasteiger partial charge in [0.15, 0.2) is 11.5 Å². The van der Waals surface area contributed by atoms with E-state index in [1.807, 2.05) is 38.1 Å². The van der Waals surface area contributed by atoms with E-state index in [9.17, 15) is 9.18 Å². The van der Waals surface area contributed by atoms with E-state index in [-0.39, 0.29) is 17.6 Å². The number of carbonyl (C=O) groups excluding carboxylic acids is 1. The van der Waals surface area contributed by atoms with E-state index >= 15 is 0 Å². The number of H-pyrrole nitrogens is 2. The van der Waals surface area contributed by atoms with Crippen LogP contribution in [0.3, 0.4) is 0 Å². The summed E-state index contributed by atoms with van der Waals surface area (Å²) in [5.74, 6) is -0.0158. The molecular weight excluding hydrogens is 471 g/mol. The summed E-state index contributed by atoms with van der Waals surface area (Å²) in [4.78, 5) is 33.8. The van der Waals surface area contributed by atoms with Crippen LogP contribution in [0.4, 0.5) is 10.1 Å². The topological polar surface area (TPSA) is 125 Å². The number of nitrogens with zero attached hydrogens (tertiary/aromatic N) is 5. The molecule has 1 amide bonds. The number of fused-ring (bicyclic) bond motifs is 2. The number of carbonyl (C=O) groups is 1. The maximum absolute atomic E-state index is 13.4. The van der Waals surface area contributed by atoms with Gasteiger partial charge in [0.25, 0.3) is 0 Å². The molecule has 0 unspecified atom stereocenters. The van der Waals surface area contributed by atoms with Gasteiger partial charge in [-0.25, -0.2) is 14.4 Å². The molecular formula is C27H21FN8O. The molecule has 5 aromatic heterocycles. The van der Waals surface area contributed by atoms with Crippen LogP contribution in [0.2, 0.25) is 0 Å². The second kappa shape index (κ2) is 8.90. The van der Waals surface area contributed by atoms with Crippen molar-refractivity contribution in [3.05, 3.63) is 72.9 Å². The van der Waals surface area contributed by atoms with Gasteiger partial charge in [-0.1, -0.05) is 13.8 Å². The predicted octanol–water partition coefficient (Wildman–Crippen LogP) is 5.36. The maximum Gasteiger partial charge on any atom is 0.226 e. The molecule has 0 aliphatic rings. The number of hydrogen-bond acceptors (Lipinski definition) is 6. The number of aromatic nitrogens is 7. The van der Waals surface area contributed by atoms with Crippen LogP contribution < -0.4 is 5.32 Å². The number of hydrogen-bond donors (Lipinski definition) is 3. The van der Waals surface area contributed by atoms with Crippen LogP contribution in [0.15, 0.2) is 67.1 Å². The lowest BCUT2D eigenvalue weighted by molar-refractivity contribution is -0.118. The molecule has 9 nitrogen and oxygen atoms in total. The quantitative estimate of drug-likeness (QED) is 0.298. The van der Waals surface area contributed by atoms with Gasteiger partial charge < -0.3 is 10.3 Å². The summed E-state index contributed by atoms with van der Waals surface area (Å²) in [5.41, 5.74) is 6.77. The summed E-state index contributed by atoms with van der Waals surface area (Å²) >= 11 is 0. The van der Waals surface area contributed by atoms with Gasteiger partial charge in [-0.3, -0.25) is 19.9 Å². The maximum atomic E-state index is 13.4. The highest BCUT2D eigenvalue weighted by Gasteiger charge is 2.18. The molecule has 0 spiro atoms. The van der Waals surface area contributed by atoms with Crippen LogP contribution in [0.25, 0.3) is 56.1 Å². The number of halogens is 1. The lowest BCUT2D eigenvalue weighted by Gasteiger charge is -2.08. The number of pyridine rings is 3. The van der Waals surface area contributed by atoms with E-state index in [1.165, 1.54) is 12.1 Å². The van der Waals surface area contributed by atoms with E-state index < -0.39 is 0 Å². The number of aromatic amines is 2. The van der Waals surface area contributed by atoms with Crippen molar-refractivity contribution in [2.24, 2.45) is 5.92 Å². The van der Waals surface area contributed by atoms with Crippen molar-refractivity contribution in [1.29, 1.82) is 0 Å². The summed E-state index contributed by atoms with van der Waals surface area (Å²) in [6.07, 6.45) is 4.98. The number of imidazole rings is 1. The van der Waals surface area contributed by atoms with Crippen LogP contribution in [0.5, 0.6) is 0 Å². The van der Waals surface area contributed by atoms with Gasteiger partial charge in [-0.15, -0.1) is 0 Å². The molecule has 0 aliphatic carbocycles. The summed E-state index contributed by atoms with van der Waals surface area (Å²) in [7, 11) is 0. The second-order valence-electron chi connectivity index (χ2n) is 8.92. The number of benzene rings is 1. The zero-order valence-corrected chi connectivity index (χ0v) is 20.0. The molecule has 0 radical (unpaired) electrons. The Morgan fingerprint density at radius 3 is 2.54 bits per heavy atom. The normalized spacial score (nSPS) is 11.5. The van der Waals surface area contributed by atoms with Crippen LogP contribution in [-0.2, 0) is 4.79 Å². The van der Waals surface area contributed by atoms with E-state index in [0.717, 1.165) is 22.2 Å². The van der Waals surface area contributed by atoms with E-state index in [0.29, 0.717) is 39.6 Å². The molecule has 37 heavy (non-hydrogen) atoms. The first-order chi connectivity index (χ1) is 18.0. The Bertz CT molecular complexity index is 1770. The third kappa shape index (κ3) is 4.18. The third-order valence-electron chi connectivity index (χ3n) is 5.98. The molecule has 5 heterocycles. The Morgan fingerprint density at radius 2 is 1.73 bits per heavy atom. The minimum Gasteiger partial charge on any atom is -0.336 e. The first-order valence-electron chi connectivity index (χ1n) is 11.7. The third-order valence-corrected chi connectivity index (χ3v) is 5.98. The van der Waals surface area contributed by atoms with Gasteiger partial charge in [0.05, 0.1) is 34.3 Å². The Labute approximate surface area is 210 Å². The SMILES string of the molecule is CC(C)C(=O)Nc1cncc(-c2ccc3[nH]nc(-c4nc5c(-c6ccc(F)cc6)nccc5[nH]4)c3n2)c1. The Kier molecular flexibility index (Phi) is 5.41. The van der Waals surface area contributed by atoms with Crippen LogP contribution in [-0.4, -0.2) is 41.0 Å². The minimum absolute atomic E-state index is 0.0844. The lowest BCUT2D eigenvalue weighted by atomic mass is 10.1. The monoisotopic (exact) mass is 492 g/mol. The number of nitrogens with one attached hydrogen (secondary N) is 3. The summed E-state index contributed by atoms with van der Waals surface area (Å²) in [6, 6.07) is 13.6. The van der Waals surface area contributed by atoms with Gasteiger partial charge in [-0.2, -0.15) is 5.10 Å². The molecule has 3 N–H and O–H groups in total. The number of rotatable bonds is 5. The molecule has 6 aromatic rings. The highest BCUT2D eigenvalue weighted by molar-refractivity contribution is 5.95. The van der Waals surface area contributed by atoms with E-state index in [1.54, 1.807) is 30.7 Å². The van der Waals surface area contributed by atoms with Gasteiger partial charge in [-0.05, 0) is 48.5 Å².